The SMILES string of the molecule is COc1ccc(/C=N/N=C2\NC(=O)C(CC(=O)Nc3ccc(OC)c(Cl)c3)S2)cc1. The summed E-state index contributed by atoms with van der Waals surface area (Å²) in [5.41, 5.74) is 1.36. The Balaban J connectivity index is 1.54. The Morgan fingerprint density at radius 3 is 2.67 bits per heavy atom. The Morgan fingerprint density at radius 1 is 1.23 bits per heavy atom. The van der Waals surface area contributed by atoms with Gasteiger partial charge in [0.2, 0.25) is 11.8 Å². The molecule has 8 nitrogen and oxygen atoms in total. The van der Waals surface area contributed by atoms with E-state index in [0.717, 1.165) is 23.1 Å². The molecule has 0 radical (unpaired) electrons. The quantitative estimate of drug-likeness (QED) is 0.502. The third-order valence-corrected chi connectivity index (χ3v) is 5.42. The van der Waals surface area contributed by atoms with Crippen LogP contribution in [0.15, 0.2) is 52.7 Å². The van der Waals surface area contributed by atoms with Crippen molar-refractivity contribution in [1.82, 2.24) is 5.32 Å². The van der Waals surface area contributed by atoms with Gasteiger partial charge in [0.05, 0.1) is 25.5 Å². The number of halogens is 1. The molecule has 30 heavy (non-hydrogen) atoms. The number of anilines is 1. The molecule has 0 bridgehead atoms. The number of methoxy groups -OCH3 is 2. The third kappa shape index (κ3) is 5.74. The highest BCUT2D eigenvalue weighted by Gasteiger charge is 2.32. The highest BCUT2D eigenvalue weighted by atomic mass is 35.5. The number of nitrogens with one attached hydrogen (secondary N) is 2. The largest absolute Gasteiger partial charge is 0.497 e. The molecule has 0 saturated carbocycles. The molecule has 2 aromatic carbocycles. The molecule has 156 valence electrons. The van der Waals surface area contributed by atoms with E-state index in [1.165, 1.54) is 7.11 Å². The molecule has 0 aromatic heterocycles. The Labute approximate surface area is 182 Å². The monoisotopic (exact) mass is 446 g/mol. The lowest BCUT2D eigenvalue weighted by Crippen LogP contribution is -2.28. The molecule has 1 aliphatic heterocycles. The number of amidine groups is 1. The standard InChI is InChI=1S/C20H19ClN4O4S/c1-28-14-6-3-12(4-7-14)11-22-25-20-24-19(27)17(30-20)10-18(26)23-13-5-8-16(29-2)15(21)9-13/h3-9,11,17H,10H2,1-2H3,(H,23,26)(H,24,25,27)/b22-11+. The van der Waals surface area contributed by atoms with Crippen LogP contribution >= 0.6 is 23.4 Å². The van der Waals surface area contributed by atoms with Crippen molar-refractivity contribution in [2.45, 2.75) is 11.7 Å². The van der Waals surface area contributed by atoms with Gasteiger partial charge in [-0.1, -0.05) is 23.4 Å². The Hall–Kier alpha value is -3.04. The minimum Gasteiger partial charge on any atom is -0.497 e. The van der Waals surface area contributed by atoms with Crippen LogP contribution in [0, 0.1) is 0 Å². The van der Waals surface area contributed by atoms with Crippen molar-refractivity contribution in [2.24, 2.45) is 10.2 Å². The van der Waals surface area contributed by atoms with E-state index in [0.29, 0.717) is 21.6 Å². The average molecular weight is 447 g/mol. The van der Waals surface area contributed by atoms with E-state index in [-0.39, 0.29) is 18.2 Å². The number of carbonyl (C=O) groups is 2. The van der Waals surface area contributed by atoms with Gasteiger partial charge < -0.3 is 20.1 Å². The minimum absolute atomic E-state index is 0.0125. The summed E-state index contributed by atoms with van der Waals surface area (Å²) in [7, 11) is 3.10. The first-order chi connectivity index (χ1) is 14.5. The molecule has 1 atom stereocenters. The molecule has 2 amide bonds. The molecular formula is C20H19ClN4O4S. The maximum Gasteiger partial charge on any atom is 0.240 e. The predicted octanol–water partition coefficient (Wildman–Crippen LogP) is 3.31. The first kappa shape index (κ1) is 21.7. The highest BCUT2D eigenvalue weighted by molar-refractivity contribution is 8.15. The molecule has 2 aromatic rings. The lowest BCUT2D eigenvalue weighted by atomic mass is 10.2. The second-order valence-electron chi connectivity index (χ2n) is 6.12. The number of nitrogens with zero attached hydrogens (tertiary/aromatic N) is 2. The fourth-order valence-electron chi connectivity index (χ4n) is 2.55. The molecule has 1 fully saturated rings. The first-order valence-electron chi connectivity index (χ1n) is 8.84. The van der Waals surface area contributed by atoms with Crippen LogP contribution in [0.1, 0.15) is 12.0 Å². The number of amides is 2. The number of benzene rings is 2. The van der Waals surface area contributed by atoms with Crippen molar-refractivity contribution in [3.63, 3.8) is 0 Å². The smallest absolute Gasteiger partial charge is 0.240 e. The summed E-state index contributed by atoms with van der Waals surface area (Å²) < 4.78 is 10.2. The second kappa shape index (κ2) is 10.1. The number of hydrogen-bond acceptors (Lipinski definition) is 7. The minimum atomic E-state index is -0.589. The zero-order chi connectivity index (χ0) is 21.5. The third-order valence-electron chi connectivity index (χ3n) is 4.05. The van der Waals surface area contributed by atoms with Gasteiger partial charge in [-0.3, -0.25) is 9.59 Å². The summed E-state index contributed by atoms with van der Waals surface area (Å²) in [6.45, 7) is 0. The van der Waals surface area contributed by atoms with Crippen molar-refractivity contribution in [3.8, 4) is 11.5 Å². The van der Waals surface area contributed by atoms with Gasteiger partial charge in [-0.2, -0.15) is 5.10 Å². The van der Waals surface area contributed by atoms with Crippen LogP contribution in [0.25, 0.3) is 0 Å². The van der Waals surface area contributed by atoms with E-state index in [1.807, 2.05) is 24.3 Å². The molecule has 1 unspecified atom stereocenters. The number of rotatable bonds is 7. The zero-order valence-electron chi connectivity index (χ0n) is 16.2. The van der Waals surface area contributed by atoms with Crippen molar-refractivity contribution in [1.29, 1.82) is 0 Å². The van der Waals surface area contributed by atoms with Crippen LogP contribution in [-0.2, 0) is 9.59 Å². The summed E-state index contributed by atoms with van der Waals surface area (Å²) >= 11 is 7.21. The average Bonchev–Trinajstić information content (AvgIpc) is 3.07. The Morgan fingerprint density at radius 2 is 2.00 bits per heavy atom. The Bertz CT molecular complexity index is 995. The van der Waals surface area contributed by atoms with E-state index in [4.69, 9.17) is 21.1 Å². The summed E-state index contributed by atoms with van der Waals surface area (Å²) in [6, 6.07) is 12.2. The number of hydrogen-bond donors (Lipinski definition) is 2. The van der Waals surface area contributed by atoms with Gasteiger partial charge in [-0.15, -0.1) is 5.10 Å². The van der Waals surface area contributed by atoms with E-state index in [9.17, 15) is 9.59 Å². The Kier molecular flexibility index (Phi) is 7.31. The van der Waals surface area contributed by atoms with Crippen LogP contribution in [0.5, 0.6) is 11.5 Å². The van der Waals surface area contributed by atoms with Crippen LogP contribution in [0.4, 0.5) is 5.69 Å². The highest BCUT2D eigenvalue weighted by Crippen LogP contribution is 2.28. The van der Waals surface area contributed by atoms with E-state index >= 15 is 0 Å². The fourth-order valence-corrected chi connectivity index (χ4v) is 3.73. The molecule has 10 heteroatoms. The van der Waals surface area contributed by atoms with Crippen molar-refractivity contribution < 1.29 is 19.1 Å². The van der Waals surface area contributed by atoms with Crippen LogP contribution < -0.4 is 20.1 Å². The van der Waals surface area contributed by atoms with Gasteiger partial charge in [0.25, 0.3) is 0 Å². The maximum absolute atomic E-state index is 12.3. The van der Waals surface area contributed by atoms with Crippen molar-refractivity contribution in [3.05, 3.63) is 53.1 Å². The molecule has 1 aliphatic rings. The summed E-state index contributed by atoms with van der Waals surface area (Å²) in [4.78, 5) is 24.4. The first-order valence-corrected chi connectivity index (χ1v) is 10.1. The number of ether oxygens (including phenoxy) is 2. The topological polar surface area (TPSA) is 101 Å². The van der Waals surface area contributed by atoms with Crippen molar-refractivity contribution in [2.75, 3.05) is 19.5 Å². The molecule has 0 spiro atoms. The fraction of sp³-hybridized carbons (Fsp3) is 0.200. The van der Waals surface area contributed by atoms with Crippen LogP contribution in [0.3, 0.4) is 0 Å². The van der Waals surface area contributed by atoms with Gasteiger partial charge in [-0.25, -0.2) is 0 Å². The lowest BCUT2D eigenvalue weighted by molar-refractivity contribution is -0.122. The van der Waals surface area contributed by atoms with E-state index in [1.54, 1.807) is 31.5 Å². The molecule has 3 rings (SSSR count). The van der Waals surface area contributed by atoms with Crippen LogP contribution in [0.2, 0.25) is 5.02 Å². The number of carbonyl (C=O) groups excluding carboxylic acids is 2. The summed E-state index contributed by atoms with van der Waals surface area (Å²) in [6.07, 6.45) is 1.55. The number of thioether (sulfide) groups is 1. The zero-order valence-corrected chi connectivity index (χ0v) is 17.8. The van der Waals surface area contributed by atoms with Gasteiger partial charge in [0, 0.05) is 12.1 Å². The molecule has 1 heterocycles. The van der Waals surface area contributed by atoms with Crippen LogP contribution in [-0.4, -0.2) is 42.7 Å². The van der Waals surface area contributed by atoms with Gasteiger partial charge >= 0.3 is 0 Å². The maximum atomic E-state index is 12.3. The summed E-state index contributed by atoms with van der Waals surface area (Å²) in [5.74, 6) is 0.653. The van der Waals surface area contributed by atoms with E-state index < -0.39 is 5.25 Å². The summed E-state index contributed by atoms with van der Waals surface area (Å²) in [5, 5.41) is 13.5. The predicted molar refractivity (Wildman–Crippen MR) is 119 cm³/mol. The normalized spacial score (nSPS) is 17.2. The molecule has 0 aliphatic carbocycles. The van der Waals surface area contributed by atoms with Gasteiger partial charge in [0.1, 0.15) is 16.7 Å². The van der Waals surface area contributed by atoms with Crippen molar-refractivity contribution >= 4 is 52.2 Å². The second-order valence-corrected chi connectivity index (χ2v) is 7.72. The van der Waals surface area contributed by atoms with Gasteiger partial charge in [-0.05, 0) is 48.0 Å². The van der Waals surface area contributed by atoms with Gasteiger partial charge in [0.15, 0.2) is 5.17 Å². The molecular weight excluding hydrogens is 428 g/mol. The lowest BCUT2D eigenvalue weighted by Gasteiger charge is -2.09. The van der Waals surface area contributed by atoms with E-state index in [2.05, 4.69) is 20.8 Å². The molecule has 1 saturated heterocycles. The molecule has 2 N–H and O–H groups in total.